The molecule has 8 heteroatoms. The fraction of sp³-hybridized carbons (Fsp3) is 0.625. The zero-order valence-corrected chi connectivity index (χ0v) is 15.4. The van der Waals surface area contributed by atoms with Crippen molar-refractivity contribution in [3.8, 4) is 0 Å². The van der Waals surface area contributed by atoms with Crippen LogP contribution in [0.25, 0.3) is 0 Å². The molecule has 0 aliphatic carbocycles. The van der Waals surface area contributed by atoms with Gasteiger partial charge in [0.1, 0.15) is 0 Å². The van der Waals surface area contributed by atoms with Gasteiger partial charge < -0.3 is 4.74 Å². The van der Waals surface area contributed by atoms with E-state index in [1.807, 2.05) is 11.8 Å². The van der Waals surface area contributed by atoms with Crippen LogP contribution in [0.4, 0.5) is 0 Å². The second-order valence-electron chi connectivity index (χ2n) is 6.37. The molecule has 2 aliphatic rings. The van der Waals surface area contributed by atoms with Gasteiger partial charge in [-0.2, -0.15) is 0 Å². The van der Waals surface area contributed by atoms with Crippen molar-refractivity contribution in [2.75, 3.05) is 37.8 Å². The molecular weight excluding hydrogens is 350 g/mol. The van der Waals surface area contributed by atoms with E-state index in [-0.39, 0.29) is 16.4 Å². The second kappa shape index (κ2) is 6.74. The van der Waals surface area contributed by atoms with Crippen molar-refractivity contribution < 1.29 is 21.6 Å². The number of hydrogen-bond donors (Lipinski definition) is 0. The first kappa shape index (κ1) is 17.8. The molecule has 2 heterocycles. The third-order valence-electron chi connectivity index (χ3n) is 4.85. The van der Waals surface area contributed by atoms with Crippen LogP contribution in [0.15, 0.2) is 29.2 Å². The summed E-state index contributed by atoms with van der Waals surface area (Å²) in [5, 5.41) is -0.909. The minimum atomic E-state index is -3.69. The van der Waals surface area contributed by atoms with E-state index < -0.39 is 31.0 Å². The van der Waals surface area contributed by atoms with Gasteiger partial charge in [0.25, 0.3) is 0 Å². The fourth-order valence-corrected chi connectivity index (χ4v) is 8.26. The summed E-state index contributed by atoms with van der Waals surface area (Å²) < 4.78 is 55.7. The van der Waals surface area contributed by atoms with Gasteiger partial charge in [0.15, 0.2) is 19.7 Å². The van der Waals surface area contributed by atoms with Gasteiger partial charge in [-0.05, 0) is 24.1 Å². The topological polar surface area (TPSA) is 80.8 Å². The normalized spacial score (nSPS) is 28.0. The largest absolute Gasteiger partial charge is 0.379 e. The molecule has 3 rings (SSSR count). The molecule has 1 aromatic rings. The zero-order chi connectivity index (χ0) is 17.4. The molecular formula is C16H23NO5S2. The monoisotopic (exact) mass is 373 g/mol. The number of hydrogen-bond acceptors (Lipinski definition) is 6. The molecule has 0 bridgehead atoms. The molecule has 0 N–H and O–H groups in total. The highest BCUT2D eigenvalue weighted by Gasteiger charge is 2.48. The molecule has 6 nitrogen and oxygen atoms in total. The second-order valence-corrected chi connectivity index (χ2v) is 10.7. The zero-order valence-electron chi connectivity index (χ0n) is 13.7. The number of rotatable bonds is 4. The molecule has 2 atom stereocenters. The Labute approximate surface area is 143 Å². The number of ether oxygens (including phenoxy) is 1. The Morgan fingerprint density at radius 3 is 2.33 bits per heavy atom. The van der Waals surface area contributed by atoms with Gasteiger partial charge in [0, 0.05) is 19.1 Å². The van der Waals surface area contributed by atoms with Gasteiger partial charge >= 0.3 is 0 Å². The van der Waals surface area contributed by atoms with Crippen molar-refractivity contribution in [2.45, 2.75) is 29.5 Å². The first-order valence-electron chi connectivity index (χ1n) is 8.18. The number of sulfone groups is 2. The third kappa shape index (κ3) is 3.51. The summed E-state index contributed by atoms with van der Waals surface area (Å²) in [7, 11) is -7.05. The predicted octanol–water partition coefficient (Wildman–Crippen LogP) is 0.521. The van der Waals surface area contributed by atoms with Gasteiger partial charge in [-0.15, -0.1) is 0 Å². The van der Waals surface area contributed by atoms with E-state index in [1.54, 1.807) is 24.3 Å². The Bertz CT molecular complexity index is 780. The highest BCUT2D eigenvalue weighted by Crippen LogP contribution is 2.29. The molecule has 2 fully saturated rings. The molecule has 0 amide bonds. The highest BCUT2D eigenvalue weighted by molar-refractivity contribution is 7.96. The van der Waals surface area contributed by atoms with Crippen LogP contribution in [-0.2, 0) is 30.8 Å². The van der Waals surface area contributed by atoms with Crippen LogP contribution in [0.5, 0.6) is 0 Å². The number of morpholine rings is 1. The minimum Gasteiger partial charge on any atom is -0.379 e. The molecule has 0 unspecified atom stereocenters. The van der Waals surface area contributed by atoms with Crippen LogP contribution < -0.4 is 0 Å². The van der Waals surface area contributed by atoms with Crippen molar-refractivity contribution in [1.82, 2.24) is 4.90 Å². The lowest BCUT2D eigenvalue weighted by atomic mass is 10.2. The average Bonchev–Trinajstić information content (AvgIpc) is 2.92. The minimum absolute atomic E-state index is 0.0933. The van der Waals surface area contributed by atoms with E-state index >= 15 is 0 Å². The van der Waals surface area contributed by atoms with Crippen LogP contribution in [-0.4, -0.2) is 70.8 Å². The Morgan fingerprint density at radius 2 is 1.75 bits per heavy atom. The van der Waals surface area contributed by atoms with Gasteiger partial charge in [0.05, 0.1) is 34.9 Å². The van der Waals surface area contributed by atoms with Gasteiger partial charge in [0.2, 0.25) is 0 Å². The molecule has 0 radical (unpaired) electrons. The van der Waals surface area contributed by atoms with Crippen LogP contribution >= 0.6 is 0 Å². The van der Waals surface area contributed by atoms with E-state index in [9.17, 15) is 16.8 Å². The van der Waals surface area contributed by atoms with E-state index in [4.69, 9.17) is 4.74 Å². The fourth-order valence-electron chi connectivity index (χ4n) is 3.43. The van der Waals surface area contributed by atoms with Gasteiger partial charge in [-0.3, -0.25) is 4.90 Å². The quantitative estimate of drug-likeness (QED) is 0.765. The maximum Gasteiger partial charge on any atom is 0.183 e. The van der Waals surface area contributed by atoms with Crippen LogP contribution in [0.3, 0.4) is 0 Å². The summed E-state index contributed by atoms with van der Waals surface area (Å²) in [6.07, 6.45) is 0.828. The molecule has 0 aromatic heterocycles. The molecule has 134 valence electrons. The SMILES string of the molecule is CCc1ccc(S(=O)(=O)[C@@H]2CS(=O)(=O)C[C@H]2N2CCOCC2)cc1. The van der Waals surface area contributed by atoms with Crippen LogP contribution in [0.2, 0.25) is 0 Å². The molecule has 0 spiro atoms. The predicted molar refractivity (Wildman–Crippen MR) is 91.6 cm³/mol. The van der Waals surface area contributed by atoms with Crippen molar-refractivity contribution in [2.24, 2.45) is 0 Å². The summed E-state index contributed by atoms with van der Waals surface area (Å²) >= 11 is 0. The lowest BCUT2D eigenvalue weighted by Gasteiger charge is -2.34. The lowest BCUT2D eigenvalue weighted by molar-refractivity contribution is 0.0222. The van der Waals surface area contributed by atoms with Crippen LogP contribution in [0, 0.1) is 0 Å². The average molecular weight is 373 g/mol. The molecule has 2 aliphatic heterocycles. The number of benzene rings is 1. The molecule has 0 saturated carbocycles. The first-order valence-corrected chi connectivity index (χ1v) is 11.6. The lowest BCUT2D eigenvalue weighted by Crippen LogP contribution is -2.50. The Kier molecular flexibility index (Phi) is 5.01. The number of aryl methyl sites for hydroxylation is 1. The summed E-state index contributed by atoms with van der Waals surface area (Å²) in [5.41, 5.74) is 1.05. The van der Waals surface area contributed by atoms with Crippen molar-refractivity contribution in [3.05, 3.63) is 29.8 Å². The summed E-state index contributed by atoms with van der Waals surface area (Å²) in [4.78, 5) is 2.16. The van der Waals surface area contributed by atoms with E-state index in [0.717, 1.165) is 12.0 Å². The Morgan fingerprint density at radius 1 is 1.12 bits per heavy atom. The molecule has 2 saturated heterocycles. The maximum absolute atomic E-state index is 13.1. The first-order chi connectivity index (χ1) is 11.3. The van der Waals surface area contributed by atoms with E-state index in [2.05, 4.69) is 0 Å². The summed E-state index contributed by atoms with van der Waals surface area (Å²) in [5.74, 6) is -0.392. The Hall–Kier alpha value is -0.960. The summed E-state index contributed by atoms with van der Waals surface area (Å²) in [6.45, 7) is 4.16. The van der Waals surface area contributed by atoms with Gasteiger partial charge in [-0.25, -0.2) is 16.8 Å². The van der Waals surface area contributed by atoms with E-state index in [0.29, 0.717) is 26.3 Å². The van der Waals surface area contributed by atoms with Gasteiger partial charge in [-0.1, -0.05) is 19.1 Å². The molecule has 1 aromatic carbocycles. The van der Waals surface area contributed by atoms with Crippen molar-refractivity contribution in [3.63, 3.8) is 0 Å². The smallest absolute Gasteiger partial charge is 0.183 e. The van der Waals surface area contributed by atoms with E-state index in [1.165, 1.54) is 0 Å². The number of nitrogens with zero attached hydrogens (tertiary/aromatic N) is 1. The van der Waals surface area contributed by atoms with Crippen molar-refractivity contribution in [1.29, 1.82) is 0 Å². The third-order valence-corrected chi connectivity index (χ3v) is 8.98. The summed E-state index contributed by atoms with van der Waals surface area (Å²) in [6, 6.07) is 6.28. The van der Waals surface area contributed by atoms with Crippen molar-refractivity contribution >= 4 is 19.7 Å². The molecule has 24 heavy (non-hydrogen) atoms. The maximum atomic E-state index is 13.1. The Balaban J connectivity index is 1.93. The standard InChI is InChI=1S/C16H23NO5S2/c1-2-13-3-5-14(6-4-13)24(20,21)16-12-23(18,19)11-15(16)17-7-9-22-10-8-17/h3-6,15-16H,2,7-12H2,1H3/t15-,16-/m1/s1. The highest BCUT2D eigenvalue weighted by atomic mass is 32.2. The van der Waals surface area contributed by atoms with Crippen LogP contribution in [0.1, 0.15) is 12.5 Å².